The molecule has 0 saturated carbocycles. The summed E-state index contributed by atoms with van der Waals surface area (Å²) in [7, 11) is 0. The van der Waals surface area contributed by atoms with Gasteiger partial charge in [0.05, 0.1) is 24.8 Å². The number of carbonyl (C=O) groups is 3. The Kier molecular flexibility index (Phi) is 8.55. The summed E-state index contributed by atoms with van der Waals surface area (Å²) >= 11 is 0. The minimum absolute atomic E-state index is 0.0959. The van der Waals surface area contributed by atoms with Crippen LogP contribution in [-0.2, 0) is 20.9 Å². The molecule has 2 atom stereocenters. The van der Waals surface area contributed by atoms with Crippen LogP contribution in [0.15, 0.2) is 72.8 Å². The number of aliphatic carboxylic acids is 1. The van der Waals surface area contributed by atoms with Gasteiger partial charge in [-0.3, -0.25) is 25.1 Å². The van der Waals surface area contributed by atoms with Gasteiger partial charge in [-0.05, 0) is 36.1 Å². The van der Waals surface area contributed by atoms with Crippen molar-refractivity contribution in [3.05, 3.63) is 95.3 Å². The molecule has 2 heterocycles. The van der Waals surface area contributed by atoms with Crippen molar-refractivity contribution < 1.29 is 19.5 Å². The molecule has 1 aliphatic rings. The highest BCUT2D eigenvalue weighted by Gasteiger charge is 2.40. The lowest BCUT2D eigenvalue weighted by atomic mass is 9.84. The van der Waals surface area contributed by atoms with Crippen LogP contribution in [0.1, 0.15) is 41.3 Å². The highest BCUT2D eigenvalue weighted by atomic mass is 16.4. The van der Waals surface area contributed by atoms with E-state index < -0.39 is 30.5 Å². The highest BCUT2D eigenvalue weighted by molar-refractivity contribution is 5.93. The van der Waals surface area contributed by atoms with Crippen molar-refractivity contribution in [3.8, 4) is 0 Å². The second-order valence-corrected chi connectivity index (χ2v) is 9.27. The monoisotopic (exact) mass is 516 g/mol. The van der Waals surface area contributed by atoms with Crippen LogP contribution < -0.4 is 16.4 Å². The summed E-state index contributed by atoms with van der Waals surface area (Å²) in [6.07, 6.45) is 1.17. The molecule has 4 rings (SSSR count). The number of H-pyrrole nitrogens is 1. The van der Waals surface area contributed by atoms with Gasteiger partial charge in [0, 0.05) is 18.2 Å². The zero-order valence-corrected chi connectivity index (χ0v) is 20.9. The summed E-state index contributed by atoms with van der Waals surface area (Å²) < 4.78 is 0. The van der Waals surface area contributed by atoms with Crippen molar-refractivity contribution in [3.63, 3.8) is 0 Å². The Balaban J connectivity index is 1.58. The Labute approximate surface area is 220 Å². The predicted molar refractivity (Wildman–Crippen MR) is 143 cm³/mol. The number of carboxylic acid groups (broad SMARTS) is 1. The topological polar surface area (TPSA) is 164 Å². The van der Waals surface area contributed by atoms with E-state index in [1.54, 1.807) is 17.0 Å². The molecule has 0 radical (unpaired) electrons. The summed E-state index contributed by atoms with van der Waals surface area (Å²) in [4.78, 5) is 43.3. The minimum atomic E-state index is -1.07. The molecule has 1 aliphatic heterocycles. The lowest BCUT2D eigenvalue weighted by Crippen LogP contribution is -2.55. The van der Waals surface area contributed by atoms with Crippen molar-refractivity contribution in [1.29, 1.82) is 5.41 Å². The molecule has 0 bridgehead atoms. The number of nitrogens with two attached hydrogens (primary N) is 1. The van der Waals surface area contributed by atoms with E-state index in [0.717, 1.165) is 11.1 Å². The van der Waals surface area contributed by atoms with Crippen molar-refractivity contribution in [2.24, 2.45) is 5.73 Å². The van der Waals surface area contributed by atoms with E-state index in [2.05, 4.69) is 15.6 Å². The maximum atomic E-state index is 14.1. The van der Waals surface area contributed by atoms with E-state index >= 15 is 0 Å². The summed E-state index contributed by atoms with van der Waals surface area (Å²) in [5.74, 6) is -2.24. The molecule has 0 aliphatic carbocycles. The fourth-order valence-corrected chi connectivity index (χ4v) is 4.93. The molecule has 0 spiro atoms. The fraction of sp³-hybridized carbons (Fsp3) is 0.286. The maximum absolute atomic E-state index is 14.1. The fourth-order valence-electron chi connectivity index (χ4n) is 4.93. The summed E-state index contributed by atoms with van der Waals surface area (Å²) in [5.41, 5.74) is 8.37. The molecule has 2 aromatic carbocycles. The summed E-state index contributed by atoms with van der Waals surface area (Å²) in [5, 5.41) is 22.8. The largest absolute Gasteiger partial charge is 0.480 e. The lowest BCUT2D eigenvalue weighted by Gasteiger charge is -2.33. The molecule has 7 N–H and O–H groups in total. The number of carbonyl (C=O) groups excluding carboxylic acids is 2. The average Bonchev–Trinajstić information content (AvgIpc) is 3.61. The number of benzene rings is 2. The van der Waals surface area contributed by atoms with Crippen molar-refractivity contribution in [1.82, 2.24) is 20.5 Å². The third kappa shape index (κ3) is 6.27. The van der Waals surface area contributed by atoms with E-state index in [0.29, 0.717) is 30.8 Å². The van der Waals surface area contributed by atoms with Gasteiger partial charge in [0.1, 0.15) is 11.9 Å². The molecule has 3 aromatic rings. The molecule has 2 unspecified atom stereocenters. The van der Waals surface area contributed by atoms with E-state index in [9.17, 15) is 19.5 Å². The number of amides is 2. The molecular formula is C28H32N6O4. The highest BCUT2D eigenvalue weighted by Crippen LogP contribution is 2.31. The maximum Gasteiger partial charge on any atom is 0.317 e. The van der Waals surface area contributed by atoms with Crippen LogP contribution in [0.25, 0.3) is 0 Å². The Bertz CT molecular complexity index is 1240. The Morgan fingerprint density at radius 2 is 1.66 bits per heavy atom. The van der Waals surface area contributed by atoms with Crippen LogP contribution in [0.5, 0.6) is 0 Å². The Morgan fingerprint density at radius 3 is 2.21 bits per heavy atom. The minimum Gasteiger partial charge on any atom is -0.480 e. The van der Waals surface area contributed by atoms with Crippen LogP contribution in [0.3, 0.4) is 0 Å². The van der Waals surface area contributed by atoms with Gasteiger partial charge < -0.3 is 26.0 Å². The summed E-state index contributed by atoms with van der Waals surface area (Å²) in [6.45, 7) is 0.194. The van der Waals surface area contributed by atoms with E-state index in [1.807, 2.05) is 60.7 Å². The van der Waals surface area contributed by atoms with Crippen LogP contribution >= 0.6 is 0 Å². The molecule has 10 heteroatoms. The first-order valence-corrected chi connectivity index (χ1v) is 12.5. The number of hydrogen-bond donors (Lipinski definition) is 6. The SMILES string of the molecule is N=C(N)c1ccc(CNC(=O)C2CCCN2C(=O)C(NCC(=O)O)C(c2ccccc2)c2ccccc2)[nH]1. The molecule has 1 aromatic heterocycles. The number of amidine groups is 1. The van der Waals surface area contributed by atoms with Gasteiger partial charge in [-0.1, -0.05) is 60.7 Å². The van der Waals surface area contributed by atoms with E-state index in [-0.39, 0.29) is 24.2 Å². The van der Waals surface area contributed by atoms with E-state index in [4.69, 9.17) is 11.1 Å². The number of hydrogen-bond acceptors (Lipinski definition) is 5. The smallest absolute Gasteiger partial charge is 0.317 e. The molecule has 198 valence electrons. The molecule has 10 nitrogen and oxygen atoms in total. The van der Waals surface area contributed by atoms with Crippen LogP contribution in [0.4, 0.5) is 0 Å². The first kappa shape index (κ1) is 26.6. The number of aromatic nitrogens is 1. The van der Waals surface area contributed by atoms with E-state index in [1.165, 1.54) is 0 Å². The molecule has 2 amide bonds. The van der Waals surface area contributed by atoms with Gasteiger partial charge in [0.25, 0.3) is 0 Å². The Morgan fingerprint density at radius 1 is 1.03 bits per heavy atom. The van der Waals surface area contributed by atoms with Gasteiger partial charge >= 0.3 is 5.97 Å². The van der Waals surface area contributed by atoms with Crippen molar-refractivity contribution >= 4 is 23.6 Å². The van der Waals surface area contributed by atoms with Crippen molar-refractivity contribution in [2.45, 2.75) is 37.4 Å². The van der Waals surface area contributed by atoms with Crippen molar-refractivity contribution in [2.75, 3.05) is 13.1 Å². The predicted octanol–water partition coefficient (Wildman–Crippen LogP) is 1.78. The molecule has 1 fully saturated rings. The molecule has 1 saturated heterocycles. The third-order valence-corrected chi connectivity index (χ3v) is 6.72. The second kappa shape index (κ2) is 12.2. The first-order chi connectivity index (χ1) is 18.3. The normalized spacial score (nSPS) is 15.8. The quantitative estimate of drug-likeness (QED) is 0.168. The second-order valence-electron chi connectivity index (χ2n) is 9.27. The van der Waals surface area contributed by atoms with Gasteiger partial charge in [-0.15, -0.1) is 0 Å². The number of nitrogens with zero attached hydrogens (tertiary/aromatic N) is 1. The number of rotatable bonds is 11. The molecule has 38 heavy (non-hydrogen) atoms. The number of nitrogens with one attached hydrogen (secondary N) is 4. The van der Waals surface area contributed by atoms with Crippen LogP contribution in [0, 0.1) is 5.41 Å². The molecular weight excluding hydrogens is 484 g/mol. The lowest BCUT2D eigenvalue weighted by molar-refractivity contribution is -0.141. The average molecular weight is 517 g/mol. The zero-order valence-electron chi connectivity index (χ0n) is 20.9. The number of carboxylic acids is 1. The third-order valence-electron chi connectivity index (χ3n) is 6.72. The van der Waals surface area contributed by atoms with Gasteiger partial charge in [0.2, 0.25) is 11.8 Å². The number of aromatic amines is 1. The van der Waals surface area contributed by atoms with Crippen LogP contribution in [-0.4, -0.2) is 63.8 Å². The first-order valence-electron chi connectivity index (χ1n) is 12.5. The number of likely N-dealkylation sites (tertiary alicyclic amines) is 1. The van der Waals surface area contributed by atoms with Gasteiger partial charge in [-0.25, -0.2) is 0 Å². The van der Waals surface area contributed by atoms with Gasteiger partial charge in [-0.2, -0.15) is 0 Å². The summed E-state index contributed by atoms with van der Waals surface area (Å²) in [6, 6.07) is 20.8. The zero-order chi connectivity index (χ0) is 27.1. The Hall–Kier alpha value is -4.44. The van der Waals surface area contributed by atoms with Crippen LogP contribution in [0.2, 0.25) is 0 Å². The standard InChI is InChI=1S/C28H32N6O4/c29-26(30)21-14-13-20(33-21)16-32-27(37)22-12-7-15-34(22)28(38)25(31-17-23(35)36)24(18-8-3-1-4-9-18)19-10-5-2-6-11-19/h1-6,8-11,13-14,22,24-25,31,33H,7,12,15-17H2,(H3,29,30)(H,32,37)(H,35,36). The van der Waals surface area contributed by atoms with Gasteiger partial charge in [0.15, 0.2) is 0 Å². The number of nitrogen functional groups attached to an aromatic ring is 1.